The Labute approximate surface area is 173 Å². The molecule has 1 N–H and O–H groups in total. The molecule has 29 heavy (non-hydrogen) atoms. The molecule has 2 aliphatic rings. The minimum atomic E-state index is -0.0336. The van der Waals surface area contributed by atoms with Gasteiger partial charge in [0.25, 0.3) is 5.91 Å². The van der Waals surface area contributed by atoms with Crippen molar-refractivity contribution in [3.63, 3.8) is 0 Å². The van der Waals surface area contributed by atoms with Crippen molar-refractivity contribution < 1.29 is 14.3 Å². The van der Waals surface area contributed by atoms with Gasteiger partial charge in [-0.25, -0.2) is 0 Å². The van der Waals surface area contributed by atoms with E-state index in [1.54, 1.807) is 7.11 Å². The van der Waals surface area contributed by atoms with E-state index in [9.17, 15) is 4.79 Å². The van der Waals surface area contributed by atoms with Gasteiger partial charge in [-0.3, -0.25) is 4.79 Å². The van der Waals surface area contributed by atoms with E-state index < -0.39 is 0 Å². The molecule has 1 aromatic heterocycles. The SMILES string of the molecule is COCCn1ccc2c(OCC(=O)NCC3CCCN4CCCCC34)cccc21. The maximum atomic E-state index is 12.4. The zero-order valence-corrected chi connectivity index (χ0v) is 17.4. The Morgan fingerprint density at radius 2 is 2.07 bits per heavy atom. The fraction of sp³-hybridized carbons (Fsp3) is 0.609. The molecule has 0 spiro atoms. The third kappa shape index (κ3) is 4.75. The molecule has 158 valence electrons. The highest BCUT2D eigenvalue weighted by atomic mass is 16.5. The third-order valence-electron chi connectivity index (χ3n) is 6.46. The van der Waals surface area contributed by atoms with Crippen molar-refractivity contribution in [3.8, 4) is 5.75 Å². The van der Waals surface area contributed by atoms with Crippen LogP contribution in [-0.2, 0) is 16.1 Å². The lowest BCUT2D eigenvalue weighted by atomic mass is 9.83. The van der Waals surface area contributed by atoms with Gasteiger partial charge in [0.1, 0.15) is 5.75 Å². The van der Waals surface area contributed by atoms with E-state index in [4.69, 9.17) is 9.47 Å². The molecule has 2 atom stereocenters. The summed E-state index contributed by atoms with van der Waals surface area (Å²) in [6.45, 7) is 4.74. The Bertz CT molecular complexity index is 817. The summed E-state index contributed by atoms with van der Waals surface area (Å²) in [5, 5.41) is 4.15. The summed E-state index contributed by atoms with van der Waals surface area (Å²) in [6.07, 6.45) is 8.42. The van der Waals surface area contributed by atoms with E-state index in [1.807, 2.05) is 24.4 Å². The molecule has 0 radical (unpaired) electrons. The minimum absolute atomic E-state index is 0.0336. The summed E-state index contributed by atoms with van der Waals surface area (Å²) < 4.78 is 13.2. The first-order valence-corrected chi connectivity index (χ1v) is 11.0. The molecule has 3 heterocycles. The molecule has 2 fully saturated rings. The number of rotatable bonds is 8. The lowest BCUT2D eigenvalue weighted by Gasteiger charge is -2.44. The summed E-state index contributed by atoms with van der Waals surface area (Å²) >= 11 is 0. The summed E-state index contributed by atoms with van der Waals surface area (Å²) in [6, 6.07) is 8.66. The number of carbonyl (C=O) groups is 1. The van der Waals surface area contributed by atoms with Crippen LogP contribution in [0, 0.1) is 5.92 Å². The van der Waals surface area contributed by atoms with Gasteiger partial charge in [-0.2, -0.15) is 0 Å². The zero-order chi connectivity index (χ0) is 20.1. The van der Waals surface area contributed by atoms with E-state index in [0.717, 1.165) is 29.7 Å². The van der Waals surface area contributed by atoms with E-state index >= 15 is 0 Å². The number of amides is 1. The molecule has 0 aliphatic carbocycles. The normalized spacial score (nSPS) is 22.4. The predicted molar refractivity (Wildman–Crippen MR) is 114 cm³/mol. The largest absolute Gasteiger partial charge is 0.483 e. The average molecular weight is 400 g/mol. The number of aromatic nitrogens is 1. The number of benzene rings is 1. The molecule has 2 aromatic rings. The fourth-order valence-electron chi connectivity index (χ4n) is 4.96. The average Bonchev–Trinajstić information content (AvgIpc) is 3.18. The highest BCUT2D eigenvalue weighted by Crippen LogP contribution is 2.30. The van der Waals surface area contributed by atoms with Crippen LogP contribution in [0.2, 0.25) is 0 Å². The van der Waals surface area contributed by atoms with E-state index in [-0.39, 0.29) is 12.5 Å². The van der Waals surface area contributed by atoms with Crippen LogP contribution in [0.3, 0.4) is 0 Å². The van der Waals surface area contributed by atoms with Crippen molar-refractivity contribution in [1.82, 2.24) is 14.8 Å². The molecule has 4 rings (SSSR count). The first-order chi connectivity index (χ1) is 14.3. The van der Waals surface area contributed by atoms with Crippen LogP contribution < -0.4 is 10.1 Å². The van der Waals surface area contributed by atoms with Gasteiger partial charge < -0.3 is 24.3 Å². The van der Waals surface area contributed by atoms with Crippen LogP contribution >= 0.6 is 0 Å². The van der Waals surface area contributed by atoms with Crippen LogP contribution in [0.5, 0.6) is 5.75 Å². The Hall–Kier alpha value is -2.05. The summed E-state index contributed by atoms with van der Waals surface area (Å²) in [7, 11) is 1.71. The Morgan fingerprint density at radius 1 is 1.17 bits per heavy atom. The second kappa shape index (κ2) is 9.63. The van der Waals surface area contributed by atoms with Crippen LogP contribution in [0.4, 0.5) is 0 Å². The van der Waals surface area contributed by atoms with Gasteiger partial charge in [-0.15, -0.1) is 0 Å². The molecule has 1 amide bonds. The van der Waals surface area contributed by atoms with Gasteiger partial charge in [0.05, 0.1) is 12.1 Å². The Kier molecular flexibility index (Phi) is 6.72. The van der Waals surface area contributed by atoms with Gasteiger partial charge in [0, 0.05) is 37.8 Å². The molecular weight excluding hydrogens is 366 g/mol. The van der Waals surface area contributed by atoms with Gasteiger partial charge in [0.15, 0.2) is 6.61 Å². The number of methoxy groups -OCH3 is 1. The Morgan fingerprint density at radius 3 is 2.97 bits per heavy atom. The standard InChI is InChI=1S/C23H33N3O3/c1-28-15-14-26-13-10-19-21(26)8-4-9-22(19)29-17-23(27)24-16-18-6-5-12-25-11-3-2-7-20(18)25/h4,8-10,13,18,20H,2-3,5-7,11-12,14-17H2,1H3,(H,24,27). The van der Waals surface area contributed by atoms with Gasteiger partial charge >= 0.3 is 0 Å². The highest BCUT2D eigenvalue weighted by Gasteiger charge is 2.32. The van der Waals surface area contributed by atoms with E-state index in [0.29, 0.717) is 18.6 Å². The fourth-order valence-corrected chi connectivity index (χ4v) is 4.96. The van der Waals surface area contributed by atoms with Crippen molar-refractivity contribution in [2.75, 3.05) is 40.0 Å². The number of nitrogens with zero attached hydrogens (tertiary/aromatic N) is 2. The first-order valence-electron chi connectivity index (χ1n) is 11.0. The zero-order valence-electron chi connectivity index (χ0n) is 17.4. The van der Waals surface area contributed by atoms with Crippen molar-refractivity contribution in [1.29, 1.82) is 0 Å². The van der Waals surface area contributed by atoms with Crippen molar-refractivity contribution >= 4 is 16.8 Å². The number of fused-ring (bicyclic) bond motifs is 2. The molecule has 0 saturated carbocycles. The Balaban J connectivity index is 1.30. The maximum absolute atomic E-state index is 12.4. The van der Waals surface area contributed by atoms with Gasteiger partial charge in [0.2, 0.25) is 0 Å². The molecule has 0 bridgehead atoms. The second-order valence-corrected chi connectivity index (χ2v) is 8.29. The van der Waals surface area contributed by atoms with Crippen LogP contribution in [0.25, 0.3) is 10.9 Å². The number of hydrogen-bond donors (Lipinski definition) is 1. The molecule has 2 unspecified atom stereocenters. The molecule has 1 aromatic carbocycles. The highest BCUT2D eigenvalue weighted by molar-refractivity contribution is 5.87. The molecule has 2 saturated heterocycles. The predicted octanol–water partition coefficient (Wildman–Crippen LogP) is 3.05. The minimum Gasteiger partial charge on any atom is -0.483 e. The van der Waals surface area contributed by atoms with Gasteiger partial charge in [-0.1, -0.05) is 12.5 Å². The summed E-state index contributed by atoms with van der Waals surface area (Å²) in [4.78, 5) is 15.1. The summed E-state index contributed by atoms with van der Waals surface area (Å²) in [5.74, 6) is 1.30. The molecule has 6 heteroatoms. The molecule has 2 aliphatic heterocycles. The van der Waals surface area contributed by atoms with E-state index in [1.165, 1.54) is 45.2 Å². The van der Waals surface area contributed by atoms with Crippen LogP contribution in [0.1, 0.15) is 32.1 Å². The number of piperidine rings is 2. The third-order valence-corrected chi connectivity index (χ3v) is 6.46. The molecule has 6 nitrogen and oxygen atoms in total. The number of ether oxygens (including phenoxy) is 2. The second-order valence-electron chi connectivity index (χ2n) is 8.29. The number of nitrogens with one attached hydrogen (secondary N) is 1. The lowest BCUT2D eigenvalue weighted by molar-refractivity contribution is -0.123. The van der Waals surface area contributed by atoms with Crippen LogP contribution in [0.15, 0.2) is 30.5 Å². The van der Waals surface area contributed by atoms with Gasteiger partial charge in [-0.05, 0) is 62.9 Å². The number of hydrogen-bond acceptors (Lipinski definition) is 4. The maximum Gasteiger partial charge on any atom is 0.257 e. The lowest BCUT2D eigenvalue weighted by Crippen LogP contribution is -2.51. The molecular formula is C23H33N3O3. The topological polar surface area (TPSA) is 55.7 Å². The van der Waals surface area contributed by atoms with E-state index in [2.05, 4.69) is 20.9 Å². The number of carbonyl (C=O) groups excluding carboxylic acids is 1. The first kappa shape index (κ1) is 20.2. The van der Waals surface area contributed by atoms with Crippen molar-refractivity contribution in [3.05, 3.63) is 30.5 Å². The summed E-state index contributed by atoms with van der Waals surface area (Å²) in [5.41, 5.74) is 1.10. The van der Waals surface area contributed by atoms with Crippen molar-refractivity contribution in [2.45, 2.75) is 44.7 Å². The quantitative estimate of drug-likeness (QED) is 0.741. The van der Waals surface area contributed by atoms with Crippen LogP contribution in [-0.4, -0.2) is 61.4 Å². The smallest absolute Gasteiger partial charge is 0.257 e. The van der Waals surface area contributed by atoms with Crippen molar-refractivity contribution in [2.24, 2.45) is 5.92 Å². The monoisotopic (exact) mass is 399 g/mol.